The number of carbonyl (C=O) groups is 1. The molecule has 0 aliphatic rings. The molecule has 0 bridgehead atoms. The SMILES string of the molecule is CCC(CCO)NC(=O)Nc1ccc(-c2csc(C)n2)cc1. The van der Waals surface area contributed by atoms with Gasteiger partial charge in [-0.3, -0.25) is 0 Å². The third-order valence-electron chi connectivity index (χ3n) is 3.36. The molecule has 5 nitrogen and oxygen atoms in total. The zero-order valence-corrected chi connectivity index (χ0v) is 13.6. The Labute approximate surface area is 134 Å². The summed E-state index contributed by atoms with van der Waals surface area (Å²) >= 11 is 1.62. The second kappa shape index (κ2) is 7.91. The van der Waals surface area contributed by atoms with Crippen LogP contribution in [-0.4, -0.2) is 28.8 Å². The van der Waals surface area contributed by atoms with Crippen molar-refractivity contribution >= 4 is 23.1 Å². The van der Waals surface area contributed by atoms with Crippen LogP contribution in [-0.2, 0) is 0 Å². The maximum Gasteiger partial charge on any atom is 0.319 e. The number of aliphatic hydroxyl groups excluding tert-OH is 1. The molecule has 1 atom stereocenters. The summed E-state index contributed by atoms with van der Waals surface area (Å²) in [6.45, 7) is 4.02. The Morgan fingerprint density at radius 1 is 1.36 bits per heavy atom. The number of nitrogens with zero attached hydrogens (tertiary/aromatic N) is 1. The lowest BCUT2D eigenvalue weighted by molar-refractivity contribution is 0.237. The van der Waals surface area contributed by atoms with Gasteiger partial charge in [0.2, 0.25) is 0 Å². The Balaban J connectivity index is 1.94. The average Bonchev–Trinajstić information content (AvgIpc) is 2.94. The van der Waals surface area contributed by atoms with Gasteiger partial charge in [0, 0.05) is 29.3 Å². The Hall–Kier alpha value is -1.92. The average molecular weight is 319 g/mol. The molecule has 0 radical (unpaired) electrons. The Bertz CT molecular complexity index is 610. The van der Waals surface area contributed by atoms with Crippen molar-refractivity contribution in [3.63, 3.8) is 0 Å². The van der Waals surface area contributed by atoms with E-state index in [0.717, 1.165) is 28.4 Å². The topological polar surface area (TPSA) is 74.2 Å². The van der Waals surface area contributed by atoms with E-state index < -0.39 is 0 Å². The fourth-order valence-corrected chi connectivity index (χ4v) is 2.73. The zero-order valence-electron chi connectivity index (χ0n) is 12.8. The van der Waals surface area contributed by atoms with E-state index in [9.17, 15) is 4.79 Å². The molecule has 0 saturated heterocycles. The van der Waals surface area contributed by atoms with Gasteiger partial charge in [0.05, 0.1) is 10.7 Å². The number of hydrogen-bond acceptors (Lipinski definition) is 4. The van der Waals surface area contributed by atoms with Gasteiger partial charge in [-0.25, -0.2) is 9.78 Å². The fourth-order valence-electron chi connectivity index (χ4n) is 2.11. The number of carbonyl (C=O) groups excluding carboxylic acids is 1. The van der Waals surface area contributed by atoms with Crippen LogP contribution in [0.4, 0.5) is 10.5 Å². The van der Waals surface area contributed by atoms with Crippen LogP contribution in [0.15, 0.2) is 29.6 Å². The Morgan fingerprint density at radius 2 is 2.09 bits per heavy atom. The molecule has 0 aliphatic heterocycles. The predicted octanol–water partition coefficient (Wildman–Crippen LogP) is 3.40. The summed E-state index contributed by atoms with van der Waals surface area (Å²) in [6, 6.07) is 7.33. The number of aliphatic hydroxyl groups is 1. The van der Waals surface area contributed by atoms with Gasteiger partial charge in [-0.1, -0.05) is 19.1 Å². The molecule has 0 spiro atoms. The number of urea groups is 1. The molecule has 2 aromatic rings. The minimum absolute atomic E-state index is 0.0118. The third-order valence-corrected chi connectivity index (χ3v) is 4.14. The first-order valence-electron chi connectivity index (χ1n) is 7.33. The number of rotatable bonds is 6. The molecule has 0 saturated carbocycles. The van der Waals surface area contributed by atoms with Gasteiger partial charge in [0.1, 0.15) is 0 Å². The number of aryl methyl sites for hydroxylation is 1. The van der Waals surface area contributed by atoms with E-state index in [0.29, 0.717) is 6.42 Å². The quantitative estimate of drug-likeness (QED) is 0.764. The number of amides is 2. The van der Waals surface area contributed by atoms with Gasteiger partial charge in [0.25, 0.3) is 0 Å². The van der Waals surface area contributed by atoms with E-state index in [-0.39, 0.29) is 18.7 Å². The van der Waals surface area contributed by atoms with Crippen LogP contribution >= 0.6 is 11.3 Å². The smallest absolute Gasteiger partial charge is 0.319 e. The maximum atomic E-state index is 11.9. The summed E-state index contributed by atoms with van der Waals surface area (Å²) in [5.74, 6) is 0. The van der Waals surface area contributed by atoms with Crippen molar-refractivity contribution in [2.75, 3.05) is 11.9 Å². The molecule has 6 heteroatoms. The highest BCUT2D eigenvalue weighted by molar-refractivity contribution is 7.09. The van der Waals surface area contributed by atoms with Gasteiger partial charge >= 0.3 is 6.03 Å². The first-order valence-corrected chi connectivity index (χ1v) is 8.21. The Morgan fingerprint density at radius 3 is 2.64 bits per heavy atom. The molecule has 2 rings (SSSR count). The van der Waals surface area contributed by atoms with Crippen molar-refractivity contribution in [1.29, 1.82) is 0 Å². The van der Waals surface area contributed by atoms with Crippen molar-refractivity contribution in [2.24, 2.45) is 0 Å². The van der Waals surface area contributed by atoms with Gasteiger partial charge in [0.15, 0.2) is 0 Å². The van der Waals surface area contributed by atoms with E-state index in [1.54, 1.807) is 11.3 Å². The predicted molar refractivity (Wildman–Crippen MR) is 90.2 cm³/mol. The molecule has 1 aromatic heterocycles. The molecule has 1 aromatic carbocycles. The second-order valence-corrected chi connectivity index (χ2v) is 6.11. The van der Waals surface area contributed by atoms with Crippen molar-refractivity contribution in [1.82, 2.24) is 10.3 Å². The summed E-state index contributed by atoms with van der Waals surface area (Å²) in [6.07, 6.45) is 1.35. The highest BCUT2D eigenvalue weighted by Crippen LogP contribution is 2.23. The van der Waals surface area contributed by atoms with Crippen LogP contribution in [0.3, 0.4) is 0 Å². The summed E-state index contributed by atoms with van der Waals surface area (Å²) in [4.78, 5) is 16.3. The number of hydrogen-bond donors (Lipinski definition) is 3. The van der Waals surface area contributed by atoms with Crippen LogP contribution in [0.25, 0.3) is 11.3 Å². The molecular weight excluding hydrogens is 298 g/mol. The van der Waals surface area contributed by atoms with Gasteiger partial charge < -0.3 is 15.7 Å². The standard InChI is InChI=1S/C16H21N3O2S/c1-3-13(8-9-20)18-16(21)19-14-6-4-12(5-7-14)15-10-22-11(2)17-15/h4-7,10,13,20H,3,8-9H2,1-2H3,(H2,18,19,21). The lowest BCUT2D eigenvalue weighted by atomic mass is 10.1. The molecular formula is C16H21N3O2S. The highest BCUT2D eigenvalue weighted by atomic mass is 32.1. The first kappa shape index (κ1) is 16.5. The number of anilines is 1. The fraction of sp³-hybridized carbons (Fsp3) is 0.375. The summed E-state index contributed by atoms with van der Waals surface area (Å²) in [5, 5.41) is 17.6. The van der Waals surface area contributed by atoms with Gasteiger partial charge in [-0.15, -0.1) is 11.3 Å². The highest BCUT2D eigenvalue weighted by Gasteiger charge is 2.10. The summed E-state index contributed by atoms with van der Waals surface area (Å²) < 4.78 is 0. The van der Waals surface area contributed by atoms with E-state index in [4.69, 9.17) is 5.11 Å². The molecule has 3 N–H and O–H groups in total. The van der Waals surface area contributed by atoms with Crippen LogP contribution in [0.2, 0.25) is 0 Å². The summed E-state index contributed by atoms with van der Waals surface area (Å²) in [5.41, 5.74) is 2.71. The molecule has 118 valence electrons. The number of benzene rings is 1. The Kier molecular flexibility index (Phi) is 5.91. The van der Waals surface area contributed by atoms with Crippen molar-refractivity contribution < 1.29 is 9.90 Å². The molecule has 0 fully saturated rings. The molecule has 0 aliphatic carbocycles. The van der Waals surface area contributed by atoms with Crippen molar-refractivity contribution in [3.8, 4) is 11.3 Å². The van der Waals surface area contributed by atoms with Crippen LogP contribution in [0.1, 0.15) is 24.8 Å². The third kappa shape index (κ3) is 4.54. The van der Waals surface area contributed by atoms with E-state index in [2.05, 4.69) is 15.6 Å². The van der Waals surface area contributed by atoms with Crippen molar-refractivity contribution in [2.45, 2.75) is 32.7 Å². The van der Waals surface area contributed by atoms with Gasteiger partial charge in [-0.2, -0.15) is 0 Å². The van der Waals surface area contributed by atoms with Crippen LogP contribution < -0.4 is 10.6 Å². The molecule has 1 unspecified atom stereocenters. The van der Waals surface area contributed by atoms with Crippen molar-refractivity contribution in [3.05, 3.63) is 34.7 Å². The van der Waals surface area contributed by atoms with Crippen LogP contribution in [0.5, 0.6) is 0 Å². The van der Waals surface area contributed by atoms with E-state index in [1.165, 1.54) is 0 Å². The van der Waals surface area contributed by atoms with E-state index in [1.807, 2.05) is 43.5 Å². The monoisotopic (exact) mass is 319 g/mol. The molecule has 1 heterocycles. The van der Waals surface area contributed by atoms with Crippen LogP contribution in [0, 0.1) is 6.92 Å². The normalized spacial score (nSPS) is 12.0. The maximum absolute atomic E-state index is 11.9. The minimum Gasteiger partial charge on any atom is -0.396 e. The zero-order chi connectivity index (χ0) is 15.9. The second-order valence-electron chi connectivity index (χ2n) is 5.05. The minimum atomic E-state index is -0.252. The van der Waals surface area contributed by atoms with Gasteiger partial charge in [-0.05, 0) is 31.9 Å². The number of aromatic nitrogens is 1. The largest absolute Gasteiger partial charge is 0.396 e. The lowest BCUT2D eigenvalue weighted by Gasteiger charge is -2.16. The molecule has 22 heavy (non-hydrogen) atoms. The number of nitrogens with one attached hydrogen (secondary N) is 2. The summed E-state index contributed by atoms with van der Waals surface area (Å²) in [7, 11) is 0. The van der Waals surface area contributed by atoms with E-state index >= 15 is 0 Å². The first-order chi connectivity index (χ1) is 10.6. The molecule has 2 amide bonds. The number of thiazole rings is 1. The lowest BCUT2D eigenvalue weighted by Crippen LogP contribution is -2.38.